The van der Waals surface area contributed by atoms with Crippen LogP contribution in [0.4, 0.5) is 8.78 Å². The van der Waals surface area contributed by atoms with E-state index in [0.29, 0.717) is 49.5 Å². The second-order valence-corrected chi connectivity index (χ2v) is 10.6. The predicted octanol–water partition coefficient (Wildman–Crippen LogP) is 3.23. The number of nitrogens with one attached hydrogen (secondary N) is 2. The highest BCUT2D eigenvalue weighted by molar-refractivity contribution is 7.89. The molecule has 0 unspecified atom stereocenters. The maximum absolute atomic E-state index is 13.5. The Kier molecular flexibility index (Phi) is 7.11. The first-order chi connectivity index (χ1) is 15.8. The first kappa shape index (κ1) is 23.8. The van der Waals surface area contributed by atoms with Gasteiger partial charge in [0.1, 0.15) is 17.5 Å². The normalized spacial score (nSPS) is 18.8. The van der Waals surface area contributed by atoms with Gasteiger partial charge in [0.15, 0.2) is 0 Å². The van der Waals surface area contributed by atoms with Crippen molar-refractivity contribution in [3.05, 3.63) is 65.2 Å². The molecule has 33 heavy (non-hydrogen) atoms. The van der Waals surface area contributed by atoms with E-state index >= 15 is 0 Å². The fourth-order valence-corrected chi connectivity index (χ4v) is 6.05. The molecule has 2 N–H and O–H groups in total. The predicted molar refractivity (Wildman–Crippen MR) is 125 cm³/mol. The zero-order chi connectivity index (χ0) is 23.5. The molecule has 2 aromatic carbocycles. The summed E-state index contributed by atoms with van der Waals surface area (Å²) < 4.78 is 54.9. The van der Waals surface area contributed by atoms with Crippen LogP contribution in [-0.2, 0) is 23.0 Å². The fourth-order valence-electron chi connectivity index (χ4n) is 4.61. The molecule has 1 spiro atoms. The van der Waals surface area contributed by atoms with E-state index in [1.807, 2.05) is 12.1 Å². The van der Waals surface area contributed by atoms with Crippen LogP contribution in [0.25, 0.3) is 0 Å². The molecule has 0 bridgehead atoms. The molecule has 0 amide bonds. The van der Waals surface area contributed by atoms with E-state index in [4.69, 9.17) is 0 Å². The first-order valence-electron chi connectivity index (χ1n) is 11.4. The molecular formula is C24H30F2N4O2S. The van der Waals surface area contributed by atoms with Crippen LogP contribution in [0.2, 0.25) is 0 Å². The number of hydrogen-bond acceptors (Lipinski definition) is 5. The SMILES string of the molecule is CCCc1ccc(S(=O)(=O)N2CCC3(CC2)NCCN=C3NCc2cc(F)cc(F)c2)cc1. The highest BCUT2D eigenvalue weighted by Gasteiger charge is 2.43. The Balaban J connectivity index is 1.44. The van der Waals surface area contributed by atoms with Crippen molar-refractivity contribution in [2.75, 3.05) is 26.2 Å². The molecule has 0 atom stereocenters. The van der Waals surface area contributed by atoms with Crippen LogP contribution in [0.15, 0.2) is 52.4 Å². The lowest BCUT2D eigenvalue weighted by atomic mass is 9.85. The Labute approximate surface area is 194 Å². The molecule has 0 aliphatic carbocycles. The van der Waals surface area contributed by atoms with E-state index in [9.17, 15) is 17.2 Å². The molecule has 4 rings (SSSR count). The lowest BCUT2D eigenvalue weighted by molar-refractivity contribution is 0.241. The third-order valence-corrected chi connectivity index (χ3v) is 8.27. The topological polar surface area (TPSA) is 73.8 Å². The fraction of sp³-hybridized carbons (Fsp3) is 0.458. The number of hydrogen-bond donors (Lipinski definition) is 2. The molecule has 1 fully saturated rings. The van der Waals surface area contributed by atoms with Crippen molar-refractivity contribution in [3.63, 3.8) is 0 Å². The summed E-state index contributed by atoms with van der Waals surface area (Å²) in [6, 6.07) is 10.6. The minimum Gasteiger partial charge on any atom is -0.368 e. The number of nitrogens with zero attached hydrogens (tertiary/aromatic N) is 2. The molecule has 0 saturated carbocycles. The molecule has 178 valence electrons. The Morgan fingerprint density at radius 3 is 2.36 bits per heavy atom. The standard InChI is InChI=1S/C24H30F2N4O2S/c1-2-3-18-4-6-22(7-5-18)33(31,32)30-12-8-24(9-13-30)23(27-10-11-29-24)28-17-19-14-20(25)16-21(26)15-19/h4-7,14-16,29H,2-3,8-13,17H2,1H3,(H,27,28). The minimum absolute atomic E-state index is 0.239. The van der Waals surface area contributed by atoms with Crippen LogP contribution in [-0.4, -0.2) is 50.3 Å². The number of amidine groups is 1. The molecule has 1 saturated heterocycles. The van der Waals surface area contributed by atoms with E-state index in [-0.39, 0.29) is 6.54 Å². The molecule has 9 heteroatoms. The second kappa shape index (κ2) is 9.87. The lowest BCUT2D eigenvalue weighted by Crippen LogP contribution is -2.64. The van der Waals surface area contributed by atoms with Crippen LogP contribution < -0.4 is 10.6 Å². The summed E-state index contributed by atoms with van der Waals surface area (Å²) in [4.78, 5) is 4.94. The molecule has 2 aliphatic rings. The van der Waals surface area contributed by atoms with Gasteiger partial charge in [-0.3, -0.25) is 4.99 Å². The van der Waals surface area contributed by atoms with Gasteiger partial charge >= 0.3 is 0 Å². The monoisotopic (exact) mass is 476 g/mol. The van der Waals surface area contributed by atoms with Gasteiger partial charge in [-0.25, -0.2) is 17.2 Å². The van der Waals surface area contributed by atoms with E-state index in [1.165, 1.54) is 16.4 Å². The Bertz CT molecular complexity index is 1090. The Morgan fingerprint density at radius 1 is 1.06 bits per heavy atom. The smallest absolute Gasteiger partial charge is 0.243 e. The van der Waals surface area contributed by atoms with Gasteiger partial charge in [-0.1, -0.05) is 25.5 Å². The quantitative estimate of drug-likeness (QED) is 0.672. The number of rotatable bonds is 6. The second-order valence-electron chi connectivity index (χ2n) is 8.67. The minimum atomic E-state index is -3.57. The number of sulfonamides is 1. The number of piperidine rings is 1. The Hall–Kier alpha value is -2.36. The molecule has 0 aromatic heterocycles. The van der Waals surface area contributed by atoms with Crippen molar-refractivity contribution in [2.45, 2.75) is 49.6 Å². The van der Waals surface area contributed by atoms with E-state index < -0.39 is 27.2 Å². The van der Waals surface area contributed by atoms with Gasteiger partial charge in [-0.2, -0.15) is 4.31 Å². The summed E-state index contributed by atoms with van der Waals surface area (Å²) in [5, 5.41) is 6.76. The van der Waals surface area contributed by atoms with Crippen molar-refractivity contribution in [2.24, 2.45) is 4.99 Å². The molecule has 2 heterocycles. The average molecular weight is 477 g/mol. The van der Waals surface area contributed by atoms with Gasteiger partial charge in [0.2, 0.25) is 10.0 Å². The van der Waals surface area contributed by atoms with Crippen LogP contribution in [0.1, 0.15) is 37.3 Å². The highest BCUT2D eigenvalue weighted by atomic mass is 32.2. The summed E-state index contributed by atoms with van der Waals surface area (Å²) in [5.41, 5.74) is 1.15. The number of aliphatic imine (C=N–C) groups is 1. The van der Waals surface area contributed by atoms with Crippen LogP contribution in [0, 0.1) is 11.6 Å². The van der Waals surface area contributed by atoms with E-state index in [2.05, 4.69) is 22.5 Å². The zero-order valence-corrected chi connectivity index (χ0v) is 19.6. The third kappa shape index (κ3) is 5.26. The Morgan fingerprint density at radius 2 is 1.73 bits per heavy atom. The first-order valence-corrected chi connectivity index (χ1v) is 12.8. The van der Waals surface area contributed by atoms with Crippen LogP contribution >= 0.6 is 0 Å². The maximum atomic E-state index is 13.5. The molecule has 2 aromatic rings. The summed E-state index contributed by atoms with van der Waals surface area (Å²) in [6.45, 7) is 4.35. The van der Waals surface area contributed by atoms with Crippen LogP contribution in [0.3, 0.4) is 0 Å². The van der Waals surface area contributed by atoms with Gasteiger partial charge < -0.3 is 10.6 Å². The maximum Gasteiger partial charge on any atom is 0.243 e. The summed E-state index contributed by atoms with van der Waals surface area (Å²) in [5.74, 6) is -0.516. The summed E-state index contributed by atoms with van der Waals surface area (Å²) in [7, 11) is -3.57. The van der Waals surface area contributed by atoms with Crippen molar-refractivity contribution < 1.29 is 17.2 Å². The van der Waals surface area contributed by atoms with Gasteiger partial charge in [0, 0.05) is 32.2 Å². The van der Waals surface area contributed by atoms with Crippen molar-refractivity contribution in [3.8, 4) is 0 Å². The average Bonchev–Trinajstić information content (AvgIpc) is 2.79. The number of halogens is 2. The molecule has 0 radical (unpaired) electrons. The van der Waals surface area contributed by atoms with Crippen molar-refractivity contribution in [1.29, 1.82) is 0 Å². The van der Waals surface area contributed by atoms with Gasteiger partial charge in [-0.05, 0) is 54.7 Å². The highest BCUT2D eigenvalue weighted by Crippen LogP contribution is 2.29. The van der Waals surface area contributed by atoms with Crippen LogP contribution in [0.5, 0.6) is 0 Å². The van der Waals surface area contributed by atoms with Gasteiger partial charge in [-0.15, -0.1) is 0 Å². The summed E-state index contributed by atoms with van der Waals surface area (Å²) >= 11 is 0. The lowest BCUT2D eigenvalue weighted by Gasteiger charge is -2.44. The largest absolute Gasteiger partial charge is 0.368 e. The van der Waals surface area contributed by atoms with Gasteiger partial charge in [0.25, 0.3) is 0 Å². The number of benzene rings is 2. The third-order valence-electron chi connectivity index (χ3n) is 6.36. The number of aryl methyl sites for hydroxylation is 1. The van der Waals surface area contributed by atoms with E-state index in [0.717, 1.165) is 30.3 Å². The summed E-state index contributed by atoms with van der Waals surface area (Å²) in [6.07, 6.45) is 3.06. The van der Waals surface area contributed by atoms with E-state index in [1.54, 1.807) is 12.1 Å². The van der Waals surface area contributed by atoms with Crippen molar-refractivity contribution in [1.82, 2.24) is 14.9 Å². The van der Waals surface area contributed by atoms with Crippen molar-refractivity contribution >= 4 is 15.9 Å². The molecular weight excluding hydrogens is 446 g/mol. The molecule has 2 aliphatic heterocycles. The molecule has 6 nitrogen and oxygen atoms in total. The van der Waals surface area contributed by atoms with Gasteiger partial charge in [0.05, 0.1) is 17.0 Å². The zero-order valence-electron chi connectivity index (χ0n) is 18.8.